The molecule has 0 saturated carbocycles. The van der Waals surface area contributed by atoms with E-state index in [-0.39, 0.29) is 48.3 Å². The van der Waals surface area contributed by atoms with E-state index < -0.39 is 59.7 Å². The largest absolute Gasteiger partial charge is 0.480 e. The van der Waals surface area contributed by atoms with Gasteiger partial charge in [-0.1, -0.05) is 85.2 Å². The van der Waals surface area contributed by atoms with Gasteiger partial charge in [0.1, 0.15) is 11.6 Å². The molecule has 4 amide bonds. The maximum absolute atomic E-state index is 14.2. The van der Waals surface area contributed by atoms with Crippen molar-refractivity contribution in [3.8, 4) is 0 Å². The number of hydrogen-bond donors (Lipinski definition) is 4. The highest BCUT2D eigenvalue weighted by molar-refractivity contribution is 5.90. The minimum Gasteiger partial charge on any atom is -0.480 e. The van der Waals surface area contributed by atoms with E-state index in [1.807, 2.05) is 71.9 Å². The summed E-state index contributed by atoms with van der Waals surface area (Å²) in [6, 6.07) is 6.96. The zero-order chi connectivity index (χ0) is 40.2. The van der Waals surface area contributed by atoms with Gasteiger partial charge in [-0.25, -0.2) is 4.79 Å². The van der Waals surface area contributed by atoms with Crippen molar-refractivity contribution in [2.24, 2.45) is 23.7 Å². The first kappa shape index (κ1) is 45.6. The van der Waals surface area contributed by atoms with E-state index in [0.29, 0.717) is 25.8 Å². The number of nitrogens with zero attached hydrogens (tertiary/aromatic N) is 2. The summed E-state index contributed by atoms with van der Waals surface area (Å²) in [6.45, 7) is 15.3. The van der Waals surface area contributed by atoms with Crippen molar-refractivity contribution in [2.75, 3.05) is 34.9 Å². The number of hydrogen-bond acceptors (Lipinski definition) is 8. The monoisotopic (exact) mass is 745 g/mol. The molecule has 0 aromatic heterocycles. The molecule has 0 radical (unpaired) electrons. The highest BCUT2D eigenvalue weighted by atomic mass is 16.5. The van der Waals surface area contributed by atoms with E-state index in [2.05, 4.69) is 16.0 Å². The lowest BCUT2D eigenvalue weighted by atomic mass is 9.89. The van der Waals surface area contributed by atoms with Crippen LogP contribution in [0.4, 0.5) is 0 Å². The van der Waals surface area contributed by atoms with E-state index in [1.165, 1.54) is 21.1 Å². The number of benzene rings is 1. The highest BCUT2D eigenvalue weighted by Crippen LogP contribution is 2.30. The Morgan fingerprint density at radius 2 is 1.57 bits per heavy atom. The van der Waals surface area contributed by atoms with Crippen molar-refractivity contribution in [3.05, 3.63) is 35.9 Å². The van der Waals surface area contributed by atoms with Crippen LogP contribution in [0.1, 0.15) is 86.6 Å². The summed E-state index contributed by atoms with van der Waals surface area (Å²) in [6.07, 6.45) is 0.747. The van der Waals surface area contributed by atoms with E-state index in [1.54, 1.807) is 30.8 Å². The van der Waals surface area contributed by atoms with Crippen LogP contribution in [0.3, 0.4) is 0 Å². The Labute approximate surface area is 317 Å². The van der Waals surface area contributed by atoms with E-state index >= 15 is 0 Å². The van der Waals surface area contributed by atoms with Gasteiger partial charge < -0.3 is 40.3 Å². The highest BCUT2D eigenvalue weighted by Gasteiger charge is 2.44. The summed E-state index contributed by atoms with van der Waals surface area (Å²) in [7, 11) is 6.46. The van der Waals surface area contributed by atoms with Crippen LogP contribution in [-0.2, 0) is 39.9 Å². The van der Waals surface area contributed by atoms with Crippen molar-refractivity contribution in [1.82, 2.24) is 25.8 Å². The van der Waals surface area contributed by atoms with Gasteiger partial charge in [-0.05, 0) is 50.1 Å². The van der Waals surface area contributed by atoms with E-state index in [0.717, 1.165) is 5.56 Å². The van der Waals surface area contributed by atoms with Crippen molar-refractivity contribution in [1.29, 1.82) is 0 Å². The maximum Gasteiger partial charge on any atom is 0.329 e. The van der Waals surface area contributed by atoms with Gasteiger partial charge in [0.2, 0.25) is 23.6 Å². The summed E-state index contributed by atoms with van der Waals surface area (Å²) in [5.74, 6) is -3.33. The Bertz CT molecular complexity index is 1360. The minimum atomic E-state index is -1.56. The molecular weight excluding hydrogens is 678 g/mol. The molecule has 1 saturated heterocycles. The van der Waals surface area contributed by atoms with Crippen molar-refractivity contribution >= 4 is 29.6 Å². The first-order chi connectivity index (χ1) is 24.9. The minimum absolute atomic E-state index is 0.0152. The number of likely N-dealkylation sites (N-methyl/N-ethyl adjacent to an activating group) is 2. The first-order valence-electron chi connectivity index (χ1n) is 19.1. The zero-order valence-electron chi connectivity index (χ0n) is 34.1. The van der Waals surface area contributed by atoms with Gasteiger partial charge in [0.15, 0.2) is 0 Å². The number of carboxylic acids is 1. The number of amides is 4. The SMILES string of the molecule is CC[C@H](C)[C@@H]([C@@H](CC(=O)N1CCC[C@H]1[C@H](OC)[C@@H](C)C(=O)N[C@@](C)(Cc1ccccc1)C(=O)O)OC)N(C)C(=O)[C@@H](NC(=O)[C@@H](NC)C(C)C)C(C)C. The van der Waals surface area contributed by atoms with E-state index in [9.17, 15) is 29.1 Å². The van der Waals surface area contributed by atoms with Gasteiger partial charge in [0, 0.05) is 34.2 Å². The van der Waals surface area contributed by atoms with Crippen LogP contribution in [0.5, 0.6) is 0 Å². The number of carbonyl (C=O) groups excluding carboxylic acids is 4. The molecule has 1 aliphatic rings. The summed E-state index contributed by atoms with van der Waals surface area (Å²) >= 11 is 0. The summed E-state index contributed by atoms with van der Waals surface area (Å²) in [5.41, 5.74) is -0.786. The van der Waals surface area contributed by atoms with Gasteiger partial charge in [-0.15, -0.1) is 0 Å². The van der Waals surface area contributed by atoms with E-state index in [4.69, 9.17) is 9.47 Å². The molecule has 13 nitrogen and oxygen atoms in total. The lowest BCUT2D eigenvalue weighted by molar-refractivity contribution is -0.150. The maximum atomic E-state index is 14.2. The molecule has 1 fully saturated rings. The van der Waals surface area contributed by atoms with Gasteiger partial charge in [0.25, 0.3) is 0 Å². The molecule has 0 unspecified atom stereocenters. The second-order valence-corrected chi connectivity index (χ2v) is 15.6. The molecule has 13 heteroatoms. The number of methoxy groups -OCH3 is 2. The predicted molar refractivity (Wildman–Crippen MR) is 205 cm³/mol. The van der Waals surface area contributed by atoms with Crippen molar-refractivity contribution < 1.29 is 38.6 Å². The van der Waals surface area contributed by atoms with Crippen LogP contribution in [0.25, 0.3) is 0 Å². The average molecular weight is 746 g/mol. The predicted octanol–water partition coefficient (Wildman–Crippen LogP) is 3.49. The molecule has 0 spiro atoms. The third-order valence-electron chi connectivity index (χ3n) is 11.0. The standard InChI is InChI=1S/C40H67N5O8/c1-13-26(6)34(44(10)38(49)33(25(4)5)42-37(48)32(41-9)24(2)3)30(52-11)22-31(46)45-21-17-20-29(45)35(53-12)27(7)36(47)43-40(8,39(50)51)23-28-18-15-14-16-19-28/h14-16,18-19,24-27,29-30,32-35,41H,13,17,20-23H2,1-12H3,(H,42,48)(H,43,47)(H,50,51)/t26-,27+,29-,30+,32-,33-,34-,35+,40-/m0/s1. The molecule has 4 N–H and O–H groups in total. The van der Waals surface area contributed by atoms with Crippen molar-refractivity contribution in [3.63, 3.8) is 0 Å². The molecule has 0 bridgehead atoms. The fraction of sp³-hybridized carbons (Fsp3) is 0.725. The van der Waals surface area contributed by atoms with Gasteiger partial charge in [0.05, 0.1) is 42.7 Å². The number of aliphatic carboxylic acids is 1. The Morgan fingerprint density at radius 1 is 0.962 bits per heavy atom. The lowest BCUT2D eigenvalue weighted by Gasteiger charge is -2.41. The third-order valence-corrected chi connectivity index (χ3v) is 11.0. The van der Waals surface area contributed by atoms with Crippen LogP contribution in [0, 0.1) is 23.7 Å². The molecule has 1 heterocycles. The number of nitrogens with one attached hydrogen (secondary N) is 3. The summed E-state index contributed by atoms with van der Waals surface area (Å²) in [4.78, 5) is 70.9. The Hall–Kier alpha value is -3.55. The number of ether oxygens (including phenoxy) is 2. The number of rotatable bonds is 21. The number of carbonyl (C=O) groups is 5. The summed E-state index contributed by atoms with van der Waals surface area (Å²) in [5, 5.41) is 18.9. The quantitative estimate of drug-likeness (QED) is 0.147. The Balaban J connectivity index is 2.29. The molecule has 2 rings (SSSR count). The van der Waals surface area contributed by atoms with Gasteiger partial charge in [-0.2, -0.15) is 0 Å². The molecule has 1 aromatic carbocycles. The molecule has 53 heavy (non-hydrogen) atoms. The van der Waals surface area contributed by atoms with Crippen molar-refractivity contribution in [2.45, 2.75) is 129 Å². The first-order valence-corrected chi connectivity index (χ1v) is 19.1. The number of likely N-dealkylation sites (tertiary alicyclic amines) is 1. The van der Waals surface area contributed by atoms with Crippen LogP contribution >= 0.6 is 0 Å². The second kappa shape index (κ2) is 20.8. The van der Waals surface area contributed by atoms with Gasteiger partial charge >= 0.3 is 5.97 Å². The van der Waals surface area contributed by atoms with Crippen LogP contribution in [0.15, 0.2) is 30.3 Å². The molecule has 1 aromatic rings. The fourth-order valence-electron chi connectivity index (χ4n) is 7.61. The third kappa shape index (κ3) is 11.7. The van der Waals surface area contributed by atoms with Crippen LogP contribution < -0.4 is 16.0 Å². The molecule has 9 atom stereocenters. The number of carboxylic acid groups (broad SMARTS) is 1. The van der Waals surface area contributed by atoms with Crippen LogP contribution in [0.2, 0.25) is 0 Å². The lowest BCUT2D eigenvalue weighted by Crippen LogP contribution is -2.60. The zero-order valence-corrected chi connectivity index (χ0v) is 34.1. The molecular formula is C40H67N5O8. The molecule has 300 valence electrons. The fourth-order valence-corrected chi connectivity index (χ4v) is 7.61. The Kier molecular flexibility index (Phi) is 17.9. The Morgan fingerprint density at radius 3 is 2.06 bits per heavy atom. The second-order valence-electron chi connectivity index (χ2n) is 15.6. The average Bonchev–Trinajstić information content (AvgIpc) is 3.60. The normalized spacial score (nSPS) is 19.7. The molecule has 0 aliphatic carbocycles. The van der Waals surface area contributed by atoms with Gasteiger partial charge in [-0.3, -0.25) is 19.2 Å². The summed E-state index contributed by atoms with van der Waals surface area (Å²) < 4.78 is 11.9. The topological polar surface area (TPSA) is 167 Å². The van der Waals surface area contributed by atoms with Crippen LogP contribution in [-0.4, -0.2) is 121 Å². The smallest absolute Gasteiger partial charge is 0.329 e. The molecule has 1 aliphatic heterocycles.